The molecule has 1 amide bonds. The molecule has 0 aliphatic heterocycles. The fourth-order valence-corrected chi connectivity index (χ4v) is 3.86. The lowest BCUT2D eigenvalue weighted by Crippen LogP contribution is -2.28. The lowest BCUT2D eigenvalue weighted by molar-refractivity contribution is -0.119. The summed E-state index contributed by atoms with van der Waals surface area (Å²) < 4.78 is 22.5. The van der Waals surface area contributed by atoms with Gasteiger partial charge in [0.05, 0.1) is 21.7 Å². The van der Waals surface area contributed by atoms with Crippen LogP contribution < -0.4 is 10.5 Å². The minimum absolute atomic E-state index is 0.0286. The van der Waals surface area contributed by atoms with Gasteiger partial charge in [-0.25, -0.2) is 13.6 Å². The van der Waals surface area contributed by atoms with Crippen molar-refractivity contribution in [3.63, 3.8) is 0 Å². The van der Waals surface area contributed by atoms with E-state index in [0.29, 0.717) is 10.0 Å². The van der Waals surface area contributed by atoms with Crippen LogP contribution in [-0.4, -0.2) is 20.1 Å². The molecule has 1 unspecified atom stereocenters. The van der Waals surface area contributed by atoms with E-state index in [2.05, 4.69) is 5.32 Å². The molecule has 0 fully saturated rings. The molecule has 134 valence electrons. The molecule has 2 rings (SSSR count). The Morgan fingerprint density at radius 2 is 1.84 bits per heavy atom. The van der Waals surface area contributed by atoms with Crippen LogP contribution in [0.1, 0.15) is 18.5 Å². The minimum atomic E-state index is -3.73. The molecule has 25 heavy (non-hydrogen) atoms. The largest absolute Gasteiger partial charge is 0.349 e. The van der Waals surface area contributed by atoms with E-state index in [1.807, 2.05) is 0 Å². The Kier molecular flexibility index (Phi) is 6.76. The number of rotatable bonds is 6. The molecular weight excluding hydrogens is 403 g/mol. The van der Waals surface area contributed by atoms with E-state index in [9.17, 15) is 13.2 Å². The standard InChI is InChI=1S/C16H16Cl2N2O3S2/c1-10(11-2-5-13(6-3-11)25(19,22)23)20-16(21)9-24-15-8-12(17)4-7-14(15)18/h2-8,10H,9H2,1H3,(H,20,21)(H2,19,22,23). The van der Waals surface area contributed by atoms with E-state index < -0.39 is 10.0 Å². The number of benzene rings is 2. The monoisotopic (exact) mass is 418 g/mol. The van der Waals surface area contributed by atoms with Gasteiger partial charge >= 0.3 is 0 Å². The number of carbonyl (C=O) groups is 1. The van der Waals surface area contributed by atoms with Gasteiger partial charge in [0, 0.05) is 9.92 Å². The summed E-state index contributed by atoms with van der Waals surface area (Å²) in [6, 6.07) is 10.8. The number of carbonyl (C=O) groups excluding carboxylic acids is 1. The molecule has 3 N–H and O–H groups in total. The maximum atomic E-state index is 12.1. The number of hydrogen-bond acceptors (Lipinski definition) is 4. The lowest BCUT2D eigenvalue weighted by atomic mass is 10.1. The normalized spacial score (nSPS) is 12.6. The lowest BCUT2D eigenvalue weighted by Gasteiger charge is -2.15. The molecule has 0 heterocycles. The van der Waals surface area contributed by atoms with Gasteiger partial charge in [-0.05, 0) is 42.8 Å². The summed E-state index contributed by atoms with van der Waals surface area (Å²) in [6.07, 6.45) is 0. The first-order valence-corrected chi connectivity index (χ1v) is 10.5. The second-order valence-corrected chi connectivity index (χ2v) is 8.69. The van der Waals surface area contributed by atoms with Crippen molar-refractivity contribution in [1.82, 2.24) is 5.32 Å². The van der Waals surface area contributed by atoms with Gasteiger partial charge in [0.15, 0.2) is 0 Å². The summed E-state index contributed by atoms with van der Waals surface area (Å²) in [7, 11) is -3.73. The number of sulfonamides is 1. The first-order valence-electron chi connectivity index (χ1n) is 7.17. The molecule has 0 radical (unpaired) electrons. The summed E-state index contributed by atoms with van der Waals surface area (Å²) in [5.41, 5.74) is 0.770. The number of nitrogens with two attached hydrogens (primary N) is 1. The van der Waals surface area contributed by atoms with E-state index in [-0.39, 0.29) is 22.6 Å². The van der Waals surface area contributed by atoms with Crippen LogP contribution in [0, 0.1) is 0 Å². The van der Waals surface area contributed by atoms with Gasteiger partial charge in [-0.15, -0.1) is 11.8 Å². The van der Waals surface area contributed by atoms with Crippen molar-refractivity contribution in [2.45, 2.75) is 22.8 Å². The van der Waals surface area contributed by atoms with E-state index in [0.717, 1.165) is 10.5 Å². The zero-order chi connectivity index (χ0) is 18.6. The van der Waals surface area contributed by atoms with Gasteiger partial charge < -0.3 is 5.32 Å². The average Bonchev–Trinajstić information content (AvgIpc) is 2.55. The van der Waals surface area contributed by atoms with Gasteiger partial charge in [0.1, 0.15) is 0 Å². The molecule has 2 aromatic carbocycles. The third kappa shape index (κ3) is 5.90. The fraction of sp³-hybridized carbons (Fsp3) is 0.188. The molecule has 0 saturated heterocycles. The number of hydrogen-bond donors (Lipinski definition) is 2. The van der Waals surface area contributed by atoms with E-state index in [1.165, 1.54) is 23.9 Å². The quantitative estimate of drug-likeness (QED) is 0.700. The number of primary sulfonamides is 1. The highest BCUT2D eigenvalue weighted by atomic mass is 35.5. The highest BCUT2D eigenvalue weighted by molar-refractivity contribution is 8.00. The highest BCUT2D eigenvalue weighted by Crippen LogP contribution is 2.29. The minimum Gasteiger partial charge on any atom is -0.349 e. The van der Waals surface area contributed by atoms with Crippen LogP contribution in [0.25, 0.3) is 0 Å². The van der Waals surface area contributed by atoms with Gasteiger partial charge in [-0.2, -0.15) is 0 Å². The van der Waals surface area contributed by atoms with Crippen molar-refractivity contribution in [3.05, 3.63) is 58.1 Å². The topological polar surface area (TPSA) is 89.3 Å². The summed E-state index contributed by atoms with van der Waals surface area (Å²) in [5.74, 6) is 0.00343. The SMILES string of the molecule is CC(NC(=O)CSc1cc(Cl)ccc1Cl)c1ccc(S(N)(=O)=O)cc1. The molecule has 0 aliphatic carbocycles. The number of nitrogens with one attached hydrogen (secondary N) is 1. The zero-order valence-corrected chi connectivity index (χ0v) is 16.3. The van der Waals surface area contributed by atoms with Crippen LogP contribution in [0.3, 0.4) is 0 Å². The Morgan fingerprint density at radius 3 is 2.44 bits per heavy atom. The Hall–Kier alpha value is -1.25. The zero-order valence-electron chi connectivity index (χ0n) is 13.2. The van der Waals surface area contributed by atoms with E-state index in [1.54, 1.807) is 37.3 Å². The highest BCUT2D eigenvalue weighted by Gasteiger charge is 2.13. The molecule has 0 saturated carbocycles. The van der Waals surface area contributed by atoms with Crippen LogP contribution >= 0.6 is 35.0 Å². The molecule has 0 spiro atoms. The van der Waals surface area contributed by atoms with Crippen molar-refractivity contribution >= 4 is 50.9 Å². The number of thioether (sulfide) groups is 1. The molecule has 9 heteroatoms. The fourth-order valence-electron chi connectivity index (χ4n) is 2.04. The van der Waals surface area contributed by atoms with Crippen molar-refractivity contribution in [2.24, 2.45) is 5.14 Å². The third-order valence-electron chi connectivity index (χ3n) is 3.34. The van der Waals surface area contributed by atoms with Gasteiger partial charge in [0.25, 0.3) is 0 Å². The first-order chi connectivity index (χ1) is 11.7. The number of amides is 1. The molecule has 0 aliphatic rings. The van der Waals surface area contributed by atoms with Crippen molar-refractivity contribution in [3.8, 4) is 0 Å². The van der Waals surface area contributed by atoms with Crippen LogP contribution in [0.4, 0.5) is 0 Å². The molecular formula is C16H16Cl2N2O3S2. The molecule has 0 aromatic heterocycles. The van der Waals surface area contributed by atoms with Crippen LogP contribution in [0.2, 0.25) is 10.0 Å². The van der Waals surface area contributed by atoms with Crippen LogP contribution in [0.15, 0.2) is 52.3 Å². The molecule has 0 bridgehead atoms. The first kappa shape index (κ1) is 20.1. The Bertz CT molecular complexity index is 871. The van der Waals surface area contributed by atoms with Crippen LogP contribution in [0.5, 0.6) is 0 Å². The third-order valence-corrected chi connectivity index (χ3v) is 6.00. The van der Waals surface area contributed by atoms with Crippen molar-refractivity contribution in [1.29, 1.82) is 0 Å². The Balaban J connectivity index is 1.94. The number of halogens is 2. The second-order valence-electron chi connectivity index (χ2n) is 5.27. The smallest absolute Gasteiger partial charge is 0.238 e. The van der Waals surface area contributed by atoms with Gasteiger partial charge in [-0.1, -0.05) is 35.3 Å². The second kappa shape index (κ2) is 8.42. The van der Waals surface area contributed by atoms with E-state index in [4.69, 9.17) is 28.3 Å². The summed E-state index contributed by atoms with van der Waals surface area (Å²) in [6.45, 7) is 1.81. The maximum absolute atomic E-state index is 12.1. The maximum Gasteiger partial charge on any atom is 0.238 e. The van der Waals surface area contributed by atoms with Gasteiger partial charge in [-0.3, -0.25) is 4.79 Å². The predicted molar refractivity (Wildman–Crippen MR) is 102 cm³/mol. The van der Waals surface area contributed by atoms with Crippen LogP contribution in [-0.2, 0) is 14.8 Å². The molecule has 1 atom stereocenters. The van der Waals surface area contributed by atoms with Crippen molar-refractivity contribution < 1.29 is 13.2 Å². The molecule has 5 nitrogen and oxygen atoms in total. The van der Waals surface area contributed by atoms with Gasteiger partial charge in [0.2, 0.25) is 15.9 Å². The Morgan fingerprint density at radius 1 is 1.20 bits per heavy atom. The average molecular weight is 419 g/mol. The summed E-state index contributed by atoms with van der Waals surface area (Å²) >= 11 is 13.3. The molecule has 2 aromatic rings. The Labute approximate surface area is 160 Å². The van der Waals surface area contributed by atoms with Crippen molar-refractivity contribution in [2.75, 3.05) is 5.75 Å². The summed E-state index contributed by atoms with van der Waals surface area (Å²) in [4.78, 5) is 12.9. The summed E-state index contributed by atoms with van der Waals surface area (Å²) in [5, 5.41) is 8.99. The predicted octanol–water partition coefficient (Wildman–Crippen LogP) is 3.61. The van der Waals surface area contributed by atoms with E-state index >= 15 is 0 Å².